The molecule has 0 atom stereocenters. The molecule has 0 unspecified atom stereocenters. The minimum Gasteiger partial charge on any atom is -0.307 e. The fourth-order valence-corrected chi connectivity index (χ4v) is 8.92. The first-order chi connectivity index (χ1) is 29.7. The molecule has 60 heavy (non-hydrogen) atoms. The van der Waals surface area contributed by atoms with Gasteiger partial charge in [-0.25, -0.2) is 15.0 Å². The van der Waals surface area contributed by atoms with Gasteiger partial charge in [0.1, 0.15) is 0 Å². The Labute approximate surface area is 346 Å². The molecule has 3 aromatic heterocycles. The van der Waals surface area contributed by atoms with E-state index in [9.17, 15) is 0 Å². The molecule has 0 amide bonds. The minimum absolute atomic E-state index is 0.629. The third-order valence-corrected chi connectivity index (χ3v) is 11.7. The van der Waals surface area contributed by atoms with Crippen LogP contribution in [0, 0.1) is 0 Å². The molecule has 9 aromatic carbocycles. The van der Waals surface area contributed by atoms with E-state index < -0.39 is 0 Å². The summed E-state index contributed by atoms with van der Waals surface area (Å²) in [6.45, 7) is 0. The maximum absolute atomic E-state index is 5.13. The third-order valence-electron chi connectivity index (χ3n) is 11.7. The first-order valence-corrected chi connectivity index (χ1v) is 20.3. The van der Waals surface area contributed by atoms with Crippen LogP contribution in [0.1, 0.15) is 0 Å². The fourth-order valence-electron chi connectivity index (χ4n) is 8.92. The largest absolute Gasteiger partial charge is 0.307 e. The van der Waals surface area contributed by atoms with Gasteiger partial charge in [0.25, 0.3) is 0 Å². The van der Waals surface area contributed by atoms with Crippen LogP contribution < -0.4 is 0 Å². The molecular weight excluding hydrogens is 731 g/mol. The van der Waals surface area contributed by atoms with E-state index in [1.807, 2.05) is 36.4 Å². The van der Waals surface area contributed by atoms with E-state index in [0.717, 1.165) is 49.9 Å². The van der Waals surface area contributed by atoms with Crippen LogP contribution in [0.25, 0.3) is 111 Å². The predicted octanol–water partition coefficient (Wildman–Crippen LogP) is 13.9. The Hall–Kier alpha value is -8.15. The van der Waals surface area contributed by atoms with Gasteiger partial charge >= 0.3 is 0 Å². The molecule has 0 radical (unpaired) electrons. The van der Waals surface area contributed by atoms with E-state index in [0.29, 0.717) is 17.5 Å². The van der Waals surface area contributed by atoms with Crippen molar-refractivity contribution in [3.8, 4) is 56.7 Å². The highest BCUT2D eigenvalue weighted by Gasteiger charge is 2.21. The Morgan fingerprint density at radius 2 is 0.700 bits per heavy atom. The summed E-state index contributed by atoms with van der Waals surface area (Å²) in [4.78, 5) is 15.2. The topological polar surface area (TPSA) is 48.5 Å². The van der Waals surface area contributed by atoms with Crippen molar-refractivity contribution in [1.82, 2.24) is 24.1 Å². The Bertz CT molecular complexity index is 3570. The van der Waals surface area contributed by atoms with Gasteiger partial charge in [0.2, 0.25) is 0 Å². The maximum Gasteiger partial charge on any atom is 0.164 e. The van der Waals surface area contributed by atoms with E-state index in [1.54, 1.807) is 0 Å². The van der Waals surface area contributed by atoms with Crippen molar-refractivity contribution < 1.29 is 0 Å². The molecule has 5 heteroatoms. The van der Waals surface area contributed by atoms with Crippen molar-refractivity contribution in [1.29, 1.82) is 0 Å². The summed E-state index contributed by atoms with van der Waals surface area (Å²) >= 11 is 0. The van der Waals surface area contributed by atoms with Gasteiger partial charge in [0.15, 0.2) is 17.5 Å². The second-order valence-electron chi connectivity index (χ2n) is 15.3. The van der Waals surface area contributed by atoms with E-state index in [4.69, 9.17) is 15.0 Å². The number of fused-ring (bicyclic) bond motifs is 8. The highest BCUT2D eigenvalue weighted by atomic mass is 15.0. The van der Waals surface area contributed by atoms with Gasteiger partial charge in [-0.2, -0.15) is 0 Å². The molecule has 280 valence electrons. The normalized spacial score (nSPS) is 11.7. The third kappa shape index (κ3) is 5.52. The zero-order valence-corrected chi connectivity index (χ0v) is 32.4. The molecule has 0 N–H and O–H groups in total. The minimum atomic E-state index is 0.629. The van der Waals surface area contributed by atoms with Crippen LogP contribution in [-0.4, -0.2) is 24.1 Å². The van der Waals surface area contributed by atoms with Gasteiger partial charge in [-0.05, 0) is 64.4 Å². The Morgan fingerprint density at radius 1 is 0.267 bits per heavy atom. The second-order valence-corrected chi connectivity index (χ2v) is 15.3. The predicted molar refractivity (Wildman–Crippen MR) is 248 cm³/mol. The van der Waals surface area contributed by atoms with Crippen molar-refractivity contribution in [3.05, 3.63) is 212 Å². The van der Waals surface area contributed by atoms with Gasteiger partial charge in [-0.15, -0.1) is 0 Å². The molecule has 0 saturated carbocycles. The molecule has 0 fully saturated rings. The standard InChI is InChI=1S/C55H35N5/c1-4-14-36(15-5-1)37-24-27-40(28-25-37)54-56-53(39-16-6-2-7-17-39)57-55(58-54)41-29-26-38-30-31-44(35-42(38)34-41)60-50-23-13-11-21-46(50)48-33-32-47-45-20-10-12-22-49(45)59(51(47)52(48)60)43-18-8-3-9-19-43/h1-35H. The first-order valence-electron chi connectivity index (χ1n) is 20.3. The highest BCUT2D eigenvalue weighted by Crippen LogP contribution is 2.42. The van der Waals surface area contributed by atoms with E-state index in [-0.39, 0.29) is 0 Å². The van der Waals surface area contributed by atoms with Gasteiger partial charge in [0, 0.05) is 49.6 Å². The number of hydrogen-bond donors (Lipinski definition) is 0. The lowest BCUT2D eigenvalue weighted by atomic mass is 10.0. The average molecular weight is 766 g/mol. The van der Waals surface area contributed by atoms with Crippen molar-refractivity contribution in [2.45, 2.75) is 0 Å². The smallest absolute Gasteiger partial charge is 0.164 e. The summed E-state index contributed by atoms with van der Waals surface area (Å²) in [7, 11) is 0. The van der Waals surface area contributed by atoms with Crippen LogP contribution in [0.15, 0.2) is 212 Å². The summed E-state index contributed by atoms with van der Waals surface area (Å²) < 4.78 is 4.88. The summed E-state index contributed by atoms with van der Waals surface area (Å²) in [5, 5.41) is 7.13. The number of benzene rings is 9. The number of para-hydroxylation sites is 3. The first kappa shape index (κ1) is 33.9. The number of nitrogens with zero attached hydrogens (tertiary/aromatic N) is 5. The van der Waals surface area contributed by atoms with E-state index in [2.05, 4.69) is 185 Å². The lowest BCUT2D eigenvalue weighted by molar-refractivity contribution is 1.07. The van der Waals surface area contributed by atoms with E-state index >= 15 is 0 Å². The highest BCUT2D eigenvalue weighted by molar-refractivity contribution is 6.23. The van der Waals surface area contributed by atoms with Crippen LogP contribution in [0.5, 0.6) is 0 Å². The van der Waals surface area contributed by atoms with E-state index in [1.165, 1.54) is 43.7 Å². The van der Waals surface area contributed by atoms with Crippen molar-refractivity contribution >= 4 is 54.4 Å². The van der Waals surface area contributed by atoms with Crippen LogP contribution in [-0.2, 0) is 0 Å². The Morgan fingerprint density at radius 3 is 1.32 bits per heavy atom. The summed E-state index contributed by atoms with van der Waals surface area (Å²) in [6.07, 6.45) is 0. The SMILES string of the molecule is c1ccc(-c2ccc(-c3nc(-c4ccccc4)nc(-c4ccc5ccc(-n6c7ccccc7c7ccc8c9ccccc9n(-c9ccccc9)c8c76)cc5c4)n3)cc2)cc1. The number of aromatic nitrogens is 5. The molecule has 0 saturated heterocycles. The van der Waals surface area contributed by atoms with Gasteiger partial charge in [-0.3, -0.25) is 0 Å². The molecular formula is C55H35N5. The molecule has 12 rings (SSSR count). The lowest BCUT2D eigenvalue weighted by Gasteiger charge is -2.13. The monoisotopic (exact) mass is 765 g/mol. The van der Waals surface area contributed by atoms with Crippen LogP contribution in [0.2, 0.25) is 0 Å². The van der Waals surface area contributed by atoms with Crippen LogP contribution in [0.3, 0.4) is 0 Å². The van der Waals surface area contributed by atoms with Gasteiger partial charge in [0.05, 0.1) is 22.1 Å². The average Bonchev–Trinajstić information content (AvgIpc) is 3.85. The number of hydrogen-bond acceptors (Lipinski definition) is 3. The van der Waals surface area contributed by atoms with Crippen molar-refractivity contribution in [3.63, 3.8) is 0 Å². The molecule has 3 heterocycles. The molecule has 0 aliphatic heterocycles. The van der Waals surface area contributed by atoms with Crippen molar-refractivity contribution in [2.24, 2.45) is 0 Å². The Kier molecular flexibility index (Phi) is 7.78. The molecule has 5 nitrogen and oxygen atoms in total. The zero-order valence-electron chi connectivity index (χ0n) is 32.4. The summed E-state index contributed by atoms with van der Waals surface area (Å²) in [5.74, 6) is 1.90. The summed E-state index contributed by atoms with van der Waals surface area (Å²) in [6, 6.07) is 75.1. The molecule has 12 aromatic rings. The second kappa shape index (κ2) is 13.8. The number of rotatable bonds is 6. The van der Waals surface area contributed by atoms with Crippen LogP contribution in [0.4, 0.5) is 0 Å². The molecule has 0 spiro atoms. The Balaban J connectivity index is 1.05. The van der Waals surface area contributed by atoms with Crippen molar-refractivity contribution in [2.75, 3.05) is 0 Å². The lowest BCUT2D eigenvalue weighted by Crippen LogP contribution is -2.00. The summed E-state index contributed by atoms with van der Waals surface area (Å²) in [5.41, 5.74) is 12.1. The van der Waals surface area contributed by atoms with Crippen LogP contribution >= 0.6 is 0 Å². The van der Waals surface area contributed by atoms with Gasteiger partial charge in [-0.1, -0.05) is 170 Å². The molecule has 0 aliphatic carbocycles. The molecule has 0 bridgehead atoms. The maximum atomic E-state index is 5.13. The van der Waals surface area contributed by atoms with Gasteiger partial charge < -0.3 is 9.13 Å². The fraction of sp³-hybridized carbons (Fsp3) is 0. The quantitative estimate of drug-likeness (QED) is 0.169. The molecule has 0 aliphatic rings. The zero-order chi connectivity index (χ0) is 39.6.